The first kappa shape index (κ1) is 21.2. The van der Waals surface area contributed by atoms with Gasteiger partial charge in [-0.05, 0) is 36.8 Å². The van der Waals surface area contributed by atoms with Gasteiger partial charge in [-0.25, -0.2) is 9.37 Å². The number of para-hydroxylation sites is 1. The molecule has 0 atom stereocenters. The molecule has 1 aliphatic rings. The van der Waals surface area contributed by atoms with Crippen LogP contribution in [-0.2, 0) is 0 Å². The summed E-state index contributed by atoms with van der Waals surface area (Å²) in [6.45, 7) is 1.54. The fourth-order valence-electron chi connectivity index (χ4n) is 3.21. The van der Waals surface area contributed by atoms with E-state index in [1.54, 1.807) is 36.4 Å². The molecule has 1 saturated heterocycles. The lowest BCUT2D eigenvalue weighted by Crippen LogP contribution is -2.42. The highest BCUT2D eigenvalue weighted by atomic mass is 19.1. The summed E-state index contributed by atoms with van der Waals surface area (Å²) in [5.41, 5.74) is 1.11. The summed E-state index contributed by atoms with van der Waals surface area (Å²) in [4.78, 5) is 31.3. The van der Waals surface area contributed by atoms with Crippen LogP contribution in [0.15, 0.2) is 60.8 Å². The van der Waals surface area contributed by atoms with Crippen molar-refractivity contribution in [2.45, 2.75) is 6.42 Å². The van der Waals surface area contributed by atoms with Crippen LogP contribution in [0.5, 0.6) is 0 Å². The number of pyridine rings is 1. The molecule has 2 amide bonds. The molecule has 0 aliphatic carbocycles. The maximum absolute atomic E-state index is 14.7. The van der Waals surface area contributed by atoms with Gasteiger partial charge in [-0.1, -0.05) is 29.7 Å². The summed E-state index contributed by atoms with van der Waals surface area (Å²) in [6.07, 6.45) is 2.42. The van der Waals surface area contributed by atoms with E-state index in [1.807, 2.05) is 4.90 Å². The van der Waals surface area contributed by atoms with Crippen LogP contribution in [0.2, 0.25) is 0 Å². The molecule has 0 saturated carbocycles. The molecule has 0 bridgehead atoms. The van der Waals surface area contributed by atoms with E-state index in [2.05, 4.69) is 15.6 Å². The number of nitrogens with zero attached hydrogens (tertiary/aromatic N) is 2. The van der Waals surface area contributed by atoms with E-state index in [0.29, 0.717) is 16.8 Å². The predicted octanol–water partition coefficient (Wildman–Crippen LogP) is 2.55. The number of amides is 2. The maximum Gasteiger partial charge on any atom is 0.258 e. The molecule has 1 aromatic heterocycles. The highest BCUT2D eigenvalue weighted by Gasteiger charge is 2.21. The minimum atomic E-state index is -0.738. The molecule has 3 aromatic rings. The maximum atomic E-state index is 14.7. The van der Waals surface area contributed by atoms with E-state index in [0.717, 1.165) is 19.5 Å². The number of carbonyl (C=O) groups excluding carboxylic acids is 2. The van der Waals surface area contributed by atoms with E-state index in [4.69, 9.17) is 13.3 Å². The number of aromatic nitrogens is 1. The normalized spacial score (nSPS) is 12.6. The summed E-state index contributed by atoms with van der Waals surface area (Å²) in [5.74, 6) is -1.39. The number of rotatable bonds is 5. The molecule has 9 heteroatoms. The van der Waals surface area contributed by atoms with Crippen molar-refractivity contribution in [1.29, 1.82) is 5.41 Å². The number of amidine groups is 1. The molecule has 0 spiro atoms. The van der Waals surface area contributed by atoms with Crippen molar-refractivity contribution in [2.24, 2.45) is 0 Å². The van der Waals surface area contributed by atoms with Gasteiger partial charge in [0, 0.05) is 24.8 Å². The second kappa shape index (κ2) is 9.01. The molecule has 2 aromatic carbocycles. The molecule has 0 unspecified atom stereocenters. The largest absolute Gasteiger partial charge is 0.356 e. The highest BCUT2D eigenvalue weighted by Crippen LogP contribution is 2.20. The molecule has 1 aliphatic heterocycles. The standard InChI is InChI=1S/C23H19BFN5O2/c24-15-7-9-20(27-13-15)29-23(32)17-4-1-2-5-19(17)28-22(31)16-8-6-14(12-18(16)25)21(26)30-10-3-11-30/h1-2,4-9,12-13,26H,3,10-11H2,(H,28,31)(H,27,29,32). The van der Waals surface area contributed by atoms with E-state index in [-0.39, 0.29) is 22.6 Å². The van der Waals surface area contributed by atoms with Crippen LogP contribution in [0.3, 0.4) is 0 Å². The van der Waals surface area contributed by atoms with Crippen molar-refractivity contribution in [2.75, 3.05) is 23.7 Å². The van der Waals surface area contributed by atoms with E-state index >= 15 is 0 Å². The summed E-state index contributed by atoms with van der Waals surface area (Å²) in [6, 6.07) is 13.6. The Morgan fingerprint density at radius 3 is 2.41 bits per heavy atom. The third kappa shape index (κ3) is 4.51. The van der Waals surface area contributed by atoms with Gasteiger partial charge in [-0.2, -0.15) is 0 Å². The van der Waals surface area contributed by atoms with Gasteiger partial charge in [0.2, 0.25) is 0 Å². The minimum Gasteiger partial charge on any atom is -0.356 e. The summed E-state index contributed by atoms with van der Waals surface area (Å²) >= 11 is 0. The van der Waals surface area contributed by atoms with Crippen molar-refractivity contribution in [3.8, 4) is 0 Å². The average molecular weight is 427 g/mol. The van der Waals surface area contributed by atoms with Crippen LogP contribution in [0.25, 0.3) is 0 Å². The molecular formula is C23H19BFN5O2. The topological polar surface area (TPSA) is 98.2 Å². The fourth-order valence-corrected chi connectivity index (χ4v) is 3.21. The molecule has 3 N–H and O–H groups in total. The van der Waals surface area contributed by atoms with E-state index in [1.165, 1.54) is 24.4 Å². The third-order valence-electron chi connectivity index (χ3n) is 5.11. The Morgan fingerprint density at radius 2 is 1.75 bits per heavy atom. The Morgan fingerprint density at radius 1 is 1.00 bits per heavy atom. The molecule has 2 radical (unpaired) electrons. The van der Waals surface area contributed by atoms with Crippen molar-refractivity contribution in [1.82, 2.24) is 9.88 Å². The number of hydrogen-bond acceptors (Lipinski definition) is 4. The number of hydrogen-bond donors (Lipinski definition) is 3. The van der Waals surface area contributed by atoms with Gasteiger partial charge in [0.05, 0.1) is 16.8 Å². The number of anilines is 2. The monoisotopic (exact) mass is 427 g/mol. The molecule has 1 fully saturated rings. The Bertz CT molecular complexity index is 1200. The zero-order valence-corrected chi connectivity index (χ0v) is 17.1. The molecule has 158 valence electrons. The Kier molecular flexibility index (Phi) is 5.98. The molecular weight excluding hydrogens is 408 g/mol. The molecule has 7 nitrogen and oxygen atoms in total. The lowest BCUT2D eigenvalue weighted by molar-refractivity contribution is 0.102. The van der Waals surface area contributed by atoms with Gasteiger partial charge in [0.25, 0.3) is 11.8 Å². The second-order valence-electron chi connectivity index (χ2n) is 7.31. The highest BCUT2D eigenvalue weighted by molar-refractivity contribution is 6.32. The lowest BCUT2D eigenvalue weighted by atomic mass is 9.99. The van der Waals surface area contributed by atoms with Crippen LogP contribution < -0.4 is 16.1 Å². The first-order chi connectivity index (χ1) is 15.4. The molecule has 32 heavy (non-hydrogen) atoms. The van der Waals surface area contributed by atoms with Crippen LogP contribution in [0, 0.1) is 11.2 Å². The van der Waals surface area contributed by atoms with Crippen LogP contribution in [-0.4, -0.2) is 48.5 Å². The van der Waals surface area contributed by atoms with Crippen LogP contribution in [0.1, 0.15) is 32.7 Å². The third-order valence-corrected chi connectivity index (χ3v) is 5.11. The SMILES string of the molecule is [B]c1ccc(NC(=O)c2ccccc2NC(=O)c2ccc(C(=N)N3CCC3)cc2F)nc1. The van der Waals surface area contributed by atoms with E-state index < -0.39 is 17.6 Å². The van der Waals surface area contributed by atoms with Crippen LogP contribution in [0.4, 0.5) is 15.9 Å². The first-order valence-electron chi connectivity index (χ1n) is 9.99. The van der Waals surface area contributed by atoms with Crippen molar-refractivity contribution >= 4 is 42.5 Å². The van der Waals surface area contributed by atoms with Gasteiger partial charge in [-0.15, -0.1) is 0 Å². The van der Waals surface area contributed by atoms with Gasteiger partial charge in [-0.3, -0.25) is 15.0 Å². The fraction of sp³-hybridized carbons (Fsp3) is 0.130. The number of carbonyl (C=O) groups is 2. The number of nitrogens with one attached hydrogen (secondary N) is 3. The van der Waals surface area contributed by atoms with Gasteiger partial charge in [0.15, 0.2) is 0 Å². The van der Waals surface area contributed by atoms with Crippen molar-refractivity contribution in [3.63, 3.8) is 0 Å². The number of halogens is 1. The van der Waals surface area contributed by atoms with Crippen molar-refractivity contribution < 1.29 is 14.0 Å². The quantitative estimate of drug-likeness (QED) is 0.331. The van der Waals surface area contributed by atoms with Gasteiger partial charge in [0.1, 0.15) is 25.3 Å². The van der Waals surface area contributed by atoms with Crippen LogP contribution >= 0.6 is 0 Å². The Hall–Kier alpha value is -4.01. The smallest absolute Gasteiger partial charge is 0.258 e. The Labute approximate surface area is 185 Å². The number of benzene rings is 2. The van der Waals surface area contributed by atoms with E-state index in [9.17, 15) is 14.0 Å². The zero-order valence-electron chi connectivity index (χ0n) is 17.1. The van der Waals surface area contributed by atoms with Gasteiger partial charge >= 0.3 is 0 Å². The zero-order chi connectivity index (χ0) is 22.7. The summed E-state index contributed by atoms with van der Waals surface area (Å²) in [7, 11) is 5.60. The van der Waals surface area contributed by atoms with Crippen molar-refractivity contribution in [3.05, 3.63) is 83.3 Å². The summed E-state index contributed by atoms with van der Waals surface area (Å²) in [5, 5.41) is 13.3. The Balaban J connectivity index is 1.50. The number of likely N-dealkylation sites (tertiary alicyclic amines) is 1. The minimum absolute atomic E-state index is 0.180. The summed E-state index contributed by atoms with van der Waals surface area (Å²) < 4.78 is 14.7. The molecule has 4 rings (SSSR count). The van der Waals surface area contributed by atoms with Gasteiger partial charge < -0.3 is 15.5 Å². The predicted molar refractivity (Wildman–Crippen MR) is 121 cm³/mol. The average Bonchev–Trinajstić information content (AvgIpc) is 2.74. The first-order valence-corrected chi connectivity index (χ1v) is 9.99. The second-order valence-corrected chi connectivity index (χ2v) is 7.31. The lowest BCUT2D eigenvalue weighted by Gasteiger charge is -2.33. The molecule has 2 heterocycles.